The summed E-state index contributed by atoms with van der Waals surface area (Å²) in [5, 5.41) is 3.32. The molecule has 1 atom stereocenters. The number of carbonyl (C=O) groups is 2. The average Bonchev–Trinajstić information content (AvgIpc) is 2.48. The molecule has 0 amide bonds. The van der Waals surface area contributed by atoms with Crippen LogP contribution in [0.25, 0.3) is 0 Å². The Bertz CT molecular complexity index is 594. The molecule has 2 rings (SSSR count). The first-order chi connectivity index (χ1) is 10.1. The number of anilines is 1. The lowest BCUT2D eigenvalue weighted by molar-refractivity contribution is -0.131. The SMILES string of the molecule is CC(=O)C(C(C)=O)[C@@H](Nc1ccccc1)c1ccccc1. The standard InChI is InChI=1S/C18H19NO2/c1-13(20)17(14(2)21)18(15-9-5-3-6-10-15)19-16-11-7-4-8-12-16/h3-12,17-19H,1-2H3/t18-/m0/s1. The van der Waals surface area contributed by atoms with Crippen LogP contribution >= 0.6 is 0 Å². The Morgan fingerprint density at radius 1 is 0.810 bits per heavy atom. The predicted octanol–water partition coefficient (Wildman–Crippen LogP) is 3.63. The normalized spacial score (nSPS) is 12.0. The van der Waals surface area contributed by atoms with Crippen molar-refractivity contribution in [1.29, 1.82) is 0 Å². The number of ketones is 2. The molecule has 0 unspecified atom stereocenters. The molecule has 0 aliphatic carbocycles. The second-order valence-electron chi connectivity index (χ2n) is 5.10. The van der Waals surface area contributed by atoms with Crippen molar-refractivity contribution in [2.45, 2.75) is 19.9 Å². The maximum atomic E-state index is 11.9. The van der Waals surface area contributed by atoms with Gasteiger partial charge in [0.05, 0.1) is 12.0 Å². The maximum absolute atomic E-state index is 11.9. The van der Waals surface area contributed by atoms with E-state index in [-0.39, 0.29) is 17.6 Å². The number of rotatable bonds is 6. The third kappa shape index (κ3) is 3.78. The minimum Gasteiger partial charge on any atom is -0.377 e. The van der Waals surface area contributed by atoms with Gasteiger partial charge in [-0.1, -0.05) is 48.5 Å². The maximum Gasteiger partial charge on any atom is 0.142 e. The smallest absolute Gasteiger partial charge is 0.142 e. The van der Waals surface area contributed by atoms with Crippen LogP contribution in [0.3, 0.4) is 0 Å². The van der Waals surface area contributed by atoms with Gasteiger partial charge in [0.25, 0.3) is 0 Å². The number of para-hydroxylation sites is 1. The summed E-state index contributed by atoms with van der Waals surface area (Å²) in [5.41, 5.74) is 1.82. The Balaban J connectivity index is 2.39. The Kier molecular flexibility index (Phi) is 4.88. The van der Waals surface area contributed by atoms with Gasteiger partial charge in [-0.05, 0) is 31.5 Å². The summed E-state index contributed by atoms with van der Waals surface area (Å²) in [4.78, 5) is 23.9. The summed E-state index contributed by atoms with van der Waals surface area (Å²) in [5.74, 6) is -0.938. The van der Waals surface area contributed by atoms with Crippen molar-refractivity contribution in [3.8, 4) is 0 Å². The second-order valence-corrected chi connectivity index (χ2v) is 5.10. The van der Waals surface area contributed by atoms with Crippen molar-refractivity contribution < 1.29 is 9.59 Å². The molecule has 2 aromatic carbocycles. The lowest BCUT2D eigenvalue weighted by Crippen LogP contribution is -2.31. The highest BCUT2D eigenvalue weighted by atomic mass is 16.1. The molecule has 0 fully saturated rings. The monoisotopic (exact) mass is 281 g/mol. The third-order valence-electron chi connectivity index (χ3n) is 3.46. The highest BCUT2D eigenvalue weighted by molar-refractivity contribution is 6.01. The fourth-order valence-electron chi connectivity index (χ4n) is 2.49. The van der Waals surface area contributed by atoms with Crippen LogP contribution in [0.4, 0.5) is 5.69 Å². The molecule has 1 N–H and O–H groups in total. The van der Waals surface area contributed by atoms with Gasteiger partial charge in [0.15, 0.2) is 0 Å². The van der Waals surface area contributed by atoms with Crippen molar-refractivity contribution >= 4 is 17.3 Å². The summed E-state index contributed by atoms with van der Waals surface area (Å²) in [6, 6.07) is 18.8. The van der Waals surface area contributed by atoms with E-state index in [2.05, 4.69) is 5.32 Å². The summed E-state index contributed by atoms with van der Waals surface area (Å²) in [7, 11) is 0. The minimum atomic E-state index is -0.687. The predicted molar refractivity (Wildman–Crippen MR) is 84.1 cm³/mol. The zero-order valence-corrected chi connectivity index (χ0v) is 12.2. The molecular weight excluding hydrogens is 262 g/mol. The van der Waals surface area contributed by atoms with Crippen LogP contribution in [-0.2, 0) is 9.59 Å². The first-order valence-corrected chi connectivity index (χ1v) is 6.97. The zero-order chi connectivity index (χ0) is 15.2. The number of carbonyl (C=O) groups excluding carboxylic acids is 2. The molecule has 0 heterocycles. The van der Waals surface area contributed by atoms with Gasteiger partial charge in [-0.2, -0.15) is 0 Å². The second kappa shape index (κ2) is 6.84. The fourth-order valence-corrected chi connectivity index (χ4v) is 2.49. The number of hydrogen-bond donors (Lipinski definition) is 1. The van der Waals surface area contributed by atoms with Gasteiger partial charge in [0, 0.05) is 5.69 Å². The molecule has 0 aliphatic rings. The van der Waals surface area contributed by atoms with Crippen LogP contribution in [0.1, 0.15) is 25.5 Å². The van der Waals surface area contributed by atoms with Gasteiger partial charge in [0.1, 0.15) is 11.6 Å². The zero-order valence-electron chi connectivity index (χ0n) is 12.2. The topological polar surface area (TPSA) is 46.2 Å². The van der Waals surface area contributed by atoms with Crippen molar-refractivity contribution in [2.75, 3.05) is 5.32 Å². The number of benzene rings is 2. The number of nitrogens with one attached hydrogen (secondary N) is 1. The van der Waals surface area contributed by atoms with E-state index in [4.69, 9.17) is 0 Å². The first kappa shape index (κ1) is 15.0. The summed E-state index contributed by atoms with van der Waals surface area (Å²) < 4.78 is 0. The third-order valence-corrected chi connectivity index (χ3v) is 3.46. The molecule has 0 aromatic heterocycles. The Morgan fingerprint density at radius 2 is 1.29 bits per heavy atom. The van der Waals surface area contributed by atoms with E-state index in [1.807, 2.05) is 60.7 Å². The van der Waals surface area contributed by atoms with Crippen molar-refractivity contribution in [3.05, 3.63) is 66.2 Å². The van der Waals surface area contributed by atoms with Crippen LogP contribution in [0.15, 0.2) is 60.7 Å². The highest BCUT2D eigenvalue weighted by Crippen LogP contribution is 2.28. The van der Waals surface area contributed by atoms with E-state index in [1.165, 1.54) is 13.8 Å². The minimum absolute atomic E-state index is 0.125. The summed E-state index contributed by atoms with van der Waals surface area (Å²) >= 11 is 0. The molecule has 0 aliphatic heterocycles. The summed E-state index contributed by atoms with van der Waals surface area (Å²) in [6.45, 7) is 2.93. The van der Waals surface area contributed by atoms with E-state index in [0.717, 1.165) is 11.3 Å². The fraction of sp³-hybridized carbons (Fsp3) is 0.222. The number of Topliss-reactive ketones (excluding diaryl/α,β-unsaturated/α-hetero) is 2. The van der Waals surface area contributed by atoms with Crippen LogP contribution in [0.2, 0.25) is 0 Å². The number of hydrogen-bond acceptors (Lipinski definition) is 3. The molecule has 0 radical (unpaired) electrons. The van der Waals surface area contributed by atoms with Gasteiger partial charge in [-0.15, -0.1) is 0 Å². The van der Waals surface area contributed by atoms with Crippen LogP contribution < -0.4 is 5.32 Å². The molecule has 0 spiro atoms. The van der Waals surface area contributed by atoms with Gasteiger partial charge in [-0.25, -0.2) is 0 Å². The van der Waals surface area contributed by atoms with Crippen molar-refractivity contribution in [3.63, 3.8) is 0 Å². The lowest BCUT2D eigenvalue weighted by atomic mass is 9.87. The van der Waals surface area contributed by atoms with E-state index in [1.54, 1.807) is 0 Å². The Morgan fingerprint density at radius 3 is 1.76 bits per heavy atom. The molecule has 3 nitrogen and oxygen atoms in total. The molecule has 3 heteroatoms. The molecule has 2 aromatic rings. The lowest BCUT2D eigenvalue weighted by Gasteiger charge is -2.26. The van der Waals surface area contributed by atoms with E-state index in [9.17, 15) is 9.59 Å². The van der Waals surface area contributed by atoms with Crippen LogP contribution in [0.5, 0.6) is 0 Å². The van der Waals surface area contributed by atoms with Gasteiger partial charge in [-0.3, -0.25) is 9.59 Å². The van der Waals surface area contributed by atoms with Crippen LogP contribution in [-0.4, -0.2) is 11.6 Å². The van der Waals surface area contributed by atoms with E-state index in [0.29, 0.717) is 0 Å². The highest BCUT2D eigenvalue weighted by Gasteiger charge is 2.30. The molecular formula is C18H19NO2. The molecule has 0 saturated heterocycles. The Hall–Kier alpha value is -2.42. The van der Waals surface area contributed by atoms with Crippen molar-refractivity contribution in [1.82, 2.24) is 0 Å². The van der Waals surface area contributed by atoms with Crippen molar-refractivity contribution in [2.24, 2.45) is 5.92 Å². The molecule has 21 heavy (non-hydrogen) atoms. The van der Waals surface area contributed by atoms with Crippen LogP contribution in [0, 0.1) is 5.92 Å². The van der Waals surface area contributed by atoms with Gasteiger partial charge >= 0.3 is 0 Å². The van der Waals surface area contributed by atoms with Gasteiger partial charge < -0.3 is 5.32 Å². The quantitative estimate of drug-likeness (QED) is 0.822. The molecule has 108 valence electrons. The summed E-state index contributed by atoms with van der Waals surface area (Å²) in [6.07, 6.45) is 0. The molecule has 0 saturated carbocycles. The molecule has 0 bridgehead atoms. The van der Waals surface area contributed by atoms with Gasteiger partial charge in [0.2, 0.25) is 0 Å². The Labute approximate surface area is 125 Å². The average molecular weight is 281 g/mol. The van der Waals surface area contributed by atoms with E-state index >= 15 is 0 Å². The first-order valence-electron chi connectivity index (χ1n) is 6.97. The van der Waals surface area contributed by atoms with E-state index < -0.39 is 5.92 Å². The largest absolute Gasteiger partial charge is 0.377 e.